The van der Waals surface area contributed by atoms with E-state index < -0.39 is 0 Å². The highest BCUT2D eigenvalue weighted by Gasteiger charge is 2.17. The Morgan fingerprint density at radius 1 is 1.19 bits per heavy atom. The van der Waals surface area contributed by atoms with Gasteiger partial charge in [-0.3, -0.25) is 10.4 Å². The van der Waals surface area contributed by atoms with Gasteiger partial charge in [0, 0.05) is 17.3 Å². The van der Waals surface area contributed by atoms with Gasteiger partial charge in [-0.25, -0.2) is 4.68 Å². The smallest absolute Gasteiger partial charge is 0.126 e. The second kappa shape index (κ2) is 4.70. The molecule has 2 aromatic heterocycles. The van der Waals surface area contributed by atoms with Gasteiger partial charge in [-0.2, -0.15) is 5.10 Å². The minimum atomic E-state index is -0.00606. The van der Waals surface area contributed by atoms with Crippen molar-refractivity contribution in [2.24, 2.45) is 5.73 Å². The maximum Gasteiger partial charge on any atom is 0.126 e. The zero-order chi connectivity index (χ0) is 15.1. The number of rotatable bonds is 2. The van der Waals surface area contributed by atoms with E-state index in [0.717, 1.165) is 33.5 Å². The molecule has 0 aliphatic rings. The molecule has 0 radical (unpaired) electrons. The third-order valence-corrected chi connectivity index (χ3v) is 3.90. The molecule has 1 aromatic carbocycles. The Morgan fingerprint density at radius 2 is 1.90 bits per heavy atom. The molecule has 0 atom stereocenters. The molecule has 5 heteroatoms. The Kier molecular flexibility index (Phi) is 2.97. The molecular weight excluding hydrogens is 262 g/mol. The number of nitrogens with two attached hydrogens (primary N) is 1. The topological polar surface area (TPSA) is 80.6 Å². The van der Waals surface area contributed by atoms with E-state index in [-0.39, 0.29) is 5.84 Å². The molecule has 0 aliphatic carbocycles. The fourth-order valence-corrected chi connectivity index (χ4v) is 2.49. The highest BCUT2D eigenvalue weighted by Crippen LogP contribution is 2.26. The van der Waals surface area contributed by atoms with Crippen LogP contribution in [0.5, 0.6) is 0 Å². The zero-order valence-electron chi connectivity index (χ0n) is 12.3. The van der Waals surface area contributed by atoms with E-state index in [1.807, 2.05) is 49.7 Å². The van der Waals surface area contributed by atoms with Gasteiger partial charge in [0.15, 0.2) is 0 Å². The minimum Gasteiger partial charge on any atom is -0.384 e. The molecule has 0 unspecified atom stereocenters. The average molecular weight is 279 g/mol. The van der Waals surface area contributed by atoms with Crippen molar-refractivity contribution < 1.29 is 0 Å². The summed E-state index contributed by atoms with van der Waals surface area (Å²) in [5, 5.41) is 13.4. The third-order valence-electron chi connectivity index (χ3n) is 3.90. The Bertz CT molecular complexity index is 860. The number of para-hydroxylation sites is 1. The molecule has 0 spiro atoms. The van der Waals surface area contributed by atoms with Gasteiger partial charge in [-0.1, -0.05) is 18.2 Å². The Morgan fingerprint density at radius 3 is 2.52 bits per heavy atom. The molecule has 3 rings (SSSR count). The summed E-state index contributed by atoms with van der Waals surface area (Å²) >= 11 is 0. The van der Waals surface area contributed by atoms with Crippen molar-refractivity contribution >= 4 is 16.7 Å². The molecule has 106 valence electrons. The first kappa shape index (κ1) is 13.3. The van der Waals surface area contributed by atoms with E-state index in [0.29, 0.717) is 5.56 Å². The van der Waals surface area contributed by atoms with Crippen molar-refractivity contribution in [1.29, 1.82) is 5.41 Å². The van der Waals surface area contributed by atoms with Crippen molar-refractivity contribution in [2.75, 3.05) is 0 Å². The number of aromatic nitrogens is 3. The zero-order valence-corrected chi connectivity index (χ0v) is 12.3. The molecule has 0 fully saturated rings. The maximum absolute atomic E-state index is 7.83. The van der Waals surface area contributed by atoms with E-state index in [1.165, 1.54) is 0 Å². The quantitative estimate of drug-likeness (QED) is 0.559. The summed E-state index contributed by atoms with van der Waals surface area (Å²) in [7, 11) is 0. The Balaban J connectivity index is 2.46. The highest BCUT2D eigenvalue weighted by atomic mass is 15.3. The standard InChI is InChI=1S/C16H17N5/c1-9-10(2)20-21(11(9)3)15-12-6-4-5-7-14(12)19-8-13(15)16(17)18/h4-8H,1-3H3,(H3,17,18). The van der Waals surface area contributed by atoms with E-state index >= 15 is 0 Å². The van der Waals surface area contributed by atoms with E-state index in [2.05, 4.69) is 10.1 Å². The van der Waals surface area contributed by atoms with Gasteiger partial charge in [0.25, 0.3) is 0 Å². The van der Waals surface area contributed by atoms with Crippen LogP contribution in [0.2, 0.25) is 0 Å². The fraction of sp³-hybridized carbons (Fsp3) is 0.188. The Labute approximate surface area is 122 Å². The number of pyridine rings is 1. The van der Waals surface area contributed by atoms with Gasteiger partial charge in [-0.05, 0) is 32.4 Å². The molecule has 3 aromatic rings. The van der Waals surface area contributed by atoms with Crippen LogP contribution >= 0.6 is 0 Å². The number of hydrogen-bond acceptors (Lipinski definition) is 3. The van der Waals surface area contributed by atoms with E-state index in [1.54, 1.807) is 6.20 Å². The predicted octanol–water partition coefficient (Wildman–Crippen LogP) is 2.63. The van der Waals surface area contributed by atoms with Crippen LogP contribution in [0.15, 0.2) is 30.5 Å². The SMILES string of the molecule is Cc1nn(-c2c(C(=N)N)cnc3ccccc23)c(C)c1C. The molecule has 2 heterocycles. The van der Waals surface area contributed by atoms with Gasteiger partial charge in [0.1, 0.15) is 5.84 Å². The lowest BCUT2D eigenvalue weighted by Crippen LogP contribution is -2.16. The first-order chi connectivity index (χ1) is 10.0. The number of hydrogen-bond donors (Lipinski definition) is 2. The van der Waals surface area contributed by atoms with Crippen molar-refractivity contribution in [1.82, 2.24) is 14.8 Å². The van der Waals surface area contributed by atoms with E-state index in [4.69, 9.17) is 11.1 Å². The maximum atomic E-state index is 7.83. The fourth-order valence-electron chi connectivity index (χ4n) is 2.49. The number of nitrogens with zero attached hydrogens (tertiary/aromatic N) is 3. The summed E-state index contributed by atoms with van der Waals surface area (Å²) in [6.45, 7) is 6.05. The average Bonchev–Trinajstić information content (AvgIpc) is 2.73. The van der Waals surface area contributed by atoms with Crippen LogP contribution in [0.4, 0.5) is 0 Å². The lowest BCUT2D eigenvalue weighted by atomic mass is 10.1. The molecule has 21 heavy (non-hydrogen) atoms. The van der Waals surface area contributed by atoms with Gasteiger partial charge >= 0.3 is 0 Å². The summed E-state index contributed by atoms with van der Waals surface area (Å²) < 4.78 is 1.87. The molecule has 0 saturated heterocycles. The lowest BCUT2D eigenvalue weighted by Gasteiger charge is -2.13. The van der Waals surface area contributed by atoms with Crippen LogP contribution in [0.1, 0.15) is 22.5 Å². The summed E-state index contributed by atoms with van der Waals surface area (Å²) in [6.07, 6.45) is 1.64. The number of nitrogens with one attached hydrogen (secondary N) is 1. The number of fused-ring (bicyclic) bond motifs is 1. The third kappa shape index (κ3) is 1.98. The van der Waals surface area contributed by atoms with Crippen LogP contribution < -0.4 is 5.73 Å². The largest absolute Gasteiger partial charge is 0.384 e. The predicted molar refractivity (Wildman–Crippen MR) is 84.1 cm³/mol. The van der Waals surface area contributed by atoms with Gasteiger partial charge in [0.2, 0.25) is 0 Å². The van der Waals surface area contributed by atoms with Crippen LogP contribution in [0.3, 0.4) is 0 Å². The second-order valence-corrected chi connectivity index (χ2v) is 5.16. The van der Waals surface area contributed by atoms with Crippen molar-refractivity contribution in [3.8, 4) is 5.69 Å². The van der Waals surface area contributed by atoms with Gasteiger partial charge in [0.05, 0.1) is 22.5 Å². The van der Waals surface area contributed by atoms with Crippen LogP contribution in [0.25, 0.3) is 16.6 Å². The molecule has 5 nitrogen and oxygen atoms in total. The minimum absolute atomic E-state index is 0.00606. The molecule has 0 bridgehead atoms. The number of aryl methyl sites for hydroxylation is 1. The summed E-state index contributed by atoms with van der Waals surface area (Å²) in [4.78, 5) is 4.39. The van der Waals surface area contributed by atoms with Crippen LogP contribution in [0, 0.1) is 26.2 Å². The Hall–Kier alpha value is -2.69. The molecule has 0 aliphatic heterocycles. The molecule has 0 saturated carbocycles. The molecule has 0 amide bonds. The van der Waals surface area contributed by atoms with E-state index in [9.17, 15) is 0 Å². The molecule has 3 N–H and O–H groups in total. The summed E-state index contributed by atoms with van der Waals surface area (Å²) in [6, 6.07) is 7.83. The van der Waals surface area contributed by atoms with Gasteiger partial charge in [-0.15, -0.1) is 0 Å². The lowest BCUT2D eigenvalue weighted by molar-refractivity contribution is 0.836. The monoisotopic (exact) mass is 279 g/mol. The number of benzene rings is 1. The summed E-state index contributed by atoms with van der Waals surface area (Å²) in [5.74, 6) is -0.00606. The van der Waals surface area contributed by atoms with Crippen molar-refractivity contribution in [3.05, 3.63) is 53.0 Å². The second-order valence-electron chi connectivity index (χ2n) is 5.16. The molecular formula is C16H17N5. The highest BCUT2D eigenvalue weighted by molar-refractivity contribution is 6.04. The van der Waals surface area contributed by atoms with Crippen LogP contribution in [-0.2, 0) is 0 Å². The number of nitrogen functional groups attached to an aromatic ring is 1. The number of amidine groups is 1. The van der Waals surface area contributed by atoms with Crippen molar-refractivity contribution in [3.63, 3.8) is 0 Å². The first-order valence-corrected chi connectivity index (χ1v) is 6.76. The normalized spacial score (nSPS) is 11.0. The van der Waals surface area contributed by atoms with Crippen molar-refractivity contribution in [2.45, 2.75) is 20.8 Å². The first-order valence-electron chi connectivity index (χ1n) is 6.76. The summed E-state index contributed by atoms with van der Waals surface area (Å²) in [5.41, 5.74) is 11.2. The van der Waals surface area contributed by atoms with Crippen LogP contribution in [-0.4, -0.2) is 20.6 Å². The van der Waals surface area contributed by atoms with Gasteiger partial charge < -0.3 is 5.73 Å².